The fraction of sp³-hybridized carbons (Fsp3) is 0.286. The van der Waals surface area contributed by atoms with Gasteiger partial charge in [-0.25, -0.2) is 9.97 Å². The van der Waals surface area contributed by atoms with Gasteiger partial charge in [-0.05, 0) is 56.1 Å². The van der Waals surface area contributed by atoms with Crippen molar-refractivity contribution in [2.75, 3.05) is 6.54 Å². The maximum Gasteiger partial charge on any atom is 0.103 e. The van der Waals surface area contributed by atoms with Crippen molar-refractivity contribution in [1.82, 2.24) is 9.97 Å². The fourth-order valence-electron chi connectivity index (χ4n) is 1.75. The molecule has 2 N–H and O–H groups in total. The first kappa shape index (κ1) is 13.1. The van der Waals surface area contributed by atoms with E-state index >= 15 is 0 Å². The summed E-state index contributed by atoms with van der Waals surface area (Å²) in [6, 6.07) is 8.24. The zero-order valence-corrected chi connectivity index (χ0v) is 11.5. The van der Waals surface area contributed by atoms with E-state index in [4.69, 9.17) is 5.73 Å². The molecule has 0 fully saturated rings. The summed E-state index contributed by atoms with van der Waals surface area (Å²) < 4.78 is 0. The molecule has 2 aromatic rings. The first-order valence-corrected chi connectivity index (χ1v) is 6.77. The van der Waals surface area contributed by atoms with Gasteiger partial charge in [-0.2, -0.15) is 0 Å². The SMILES string of the molecule is Cc1cc(C)nc(Sc2ccc(CCN)cn2)c1. The lowest BCUT2D eigenvalue weighted by Crippen LogP contribution is -2.02. The van der Waals surface area contributed by atoms with Gasteiger partial charge in [-0.15, -0.1) is 0 Å². The minimum absolute atomic E-state index is 0.660. The second kappa shape index (κ2) is 5.98. The topological polar surface area (TPSA) is 51.8 Å². The third-order valence-electron chi connectivity index (χ3n) is 2.51. The Kier molecular flexibility index (Phi) is 4.33. The zero-order chi connectivity index (χ0) is 13.0. The predicted octanol–water partition coefficient (Wildman–Crippen LogP) is 2.75. The first-order valence-electron chi connectivity index (χ1n) is 5.95. The van der Waals surface area contributed by atoms with Gasteiger partial charge in [0.2, 0.25) is 0 Å². The van der Waals surface area contributed by atoms with Crippen molar-refractivity contribution < 1.29 is 0 Å². The highest BCUT2D eigenvalue weighted by Crippen LogP contribution is 2.25. The molecule has 4 heteroatoms. The van der Waals surface area contributed by atoms with Crippen LogP contribution in [-0.2, 0) is 6.42 Å². The van der Waals surface area contributed by atoms with Crippen LogP contribution in [-0.4, -0.2) is 16.5 Å². The molecule has 0 atom stereocenters. The minimum Gasteiger partial charge on any atom is -0.330 e. The molecule has 2 heterocycles. The number of pyridine rings is 2. The molecule has 2 rings (SSSR count). The van der Waals surface area contributed by atoms with Gasteiger partial charge < -0.3 is 5.73 Å². The Labute approximate surface area is 112 Å². The number of rotatable bonds is 4. The van der Waals surface area contributed by atoms with E-state index < -0.39 is 0 Å². The van der Waals surface area contributed by atoms with Gasteiger partial charge in [0.05, 0.1) is 0 Å². The molecular weight excluding hydrogens is 242 g/mol. The van der Waals surface area contributed by atoms with Crippen LogP contribution in [0.2, 0.25) is 0 Å². The van der Waals surface area contributed by atoms with Crippen molar-refractivity contribution >= 4 is 11.8 Å². The molecule has 0 saturated heterocycles. The van der Waals surface area contributed by atoms with Gasteiger partial charge in [0, 0.05) is 11.9 Å². The Hall–Kier alpha value is -1.39. The molecule has 0 saturated carbocycles. The van der Waals surface area contributed by atoms with Crippen molar-refractivity contribution in [2.45, 2.75) is 30.3 Å². The molecule has 0 radical (unpaired) electrons. The van der Waals surface area contributed by atoms with Crippen molar-refractivity contribution in [3.8, 4) is 0 Å². The largest absolute Gasteiger partial charge is 0.330 e. The molecule has 0 aliphatic rings. The van der Waals surface area contributed by atoms with E-state index in [9.17, 15) is 0 Å². The minimum atomic E-state index is 0.660. The number of aryl methyl sites for hydroxylation is 2. The highest BCUT2D eigenvalue weighted by molar-refractivity contribution is 7.99. The monoisotopic (exact) mass is 259 g/mol. The molecule has 18 heavy (non-hydrogen) atoms. The van der Waals surface area contributed by atoms with E-state index in [1.807, 2.05) is 19.2 Å². The summed E-state index contributed by atoms with van der Waals surface area (Å²) in [5, 5.41) is 1.96. The van der Waals surface area contributed by atoms with E-state index in [1.54, 1.807) is 11.8 Å². The van der Waals surface area contributed by atoms with Gasteiger partial charge in [0.15, 0.2) is 0 Å². The molecule has 0 bridgehead atoms. The maximum absolute atomic E-state index is 5.51. The summed E-state index contributed by atoms with van der Waals surface area (Å²) in [7, 11) is 0. The van der Waals surface area contributed by atoms with Crippen LogP contribution in [0.5, 0.6) is 0 Å². The smallest absolute Gasteiger partial charge is 0.103 e. The molecule has 0 aliphatic heterocycles. The van der Waals surface area contributed by atoms with Crippen molar-refractivity contribution in [2.24, 2.45) is 5.73 Å². The van der Waals surface area contributed by atoms with Crippen LogP contribution in [0.25, 0.3) is 0 Å². The lowest BCUT2D eigenvalue weighted by Gasteiger charge is -2.04. The van der Waals surface area contributed by atoms with Crippen molar-refractivity contribution in [3.05, 3.63) is 47.3 Å². The molecule has 2 aromatic heterocycles. The molecule has 0 spiro atoms. The maximum atomic E-state index is 5.51. The summed E-state index contributed by atoms with van der Waals surface area (Å²) in [5.74, 6) is 0. The first-order chi connectivity index (χ1) is 8.67. The third-order valence-corrected chi connectivity index (χ3v) is 3.38. The van der Waals surface area contributed by atoms with Crippen molar-refractivity contribution in [1.29, 1.82) is 0 Å². The number of nitrogens with zero attached hydrogens (tertiary/aromatic N) is 2. The van der Waals surface area contributed by atoms with E-state index in [-0.39, 0.29) is 0 Å². The lowest BCUT2D eigenvalue weighted by atomic mass is 10.2. The Bertz CT molecular complexity index is 503. The average Bonchev–Trinajstić information content (AvgIpc) is 2.31. The Balaban J connectivity index is 2.13. The van der Waals surface area contributed by atoms with Crippen LogP contribution >= 0.6 is 11.8 Å². The summed E-state index contributed by atoms with van der Waals surface area (Å²) in [5.41, 5.74) is 8.95. The Morgan fingerprint density at radius 2 is 2.00 bits per heavy atom. The van der Waals surface area contributed by atoms with Crippen molar-refractivity contribution in [3.63, 3.8) is 0 Å². The van der Waals surface area contributed by atoms with Gasteiger partial charge in [-0.3, -0.25) is 0 Å². The van der Waals surface area contributed by atoms with Crippen LogP contribution in [0.15, 0.2) is 40.5 Å². The van der Waals surface area contributed by atoms with E-state index in [2.05, 4.69) is 35.1 Å². The molecule has 0 aromatic carbocycles. The molecule has 3 nitrogen and oxygen atoms in total. The highest BCUT2D eigenvalue weighted by Gasteiger charge is 2.02. The third kappa shape index (κ3) is 3.55. The molecule has 0 aliphatic carbocycles. The van der Waals surface area contributed by atoms with E-state index in [1.165, 1.54) is 11.1 Å². The number of hydrogen-bond acceptors (Lipinski definition) is 4. The Morgan fingerprint density at radius 1 is 1.17 bits per heavy atom. The molecule has 0 unspecified atom stereocenters. The average molecular weight is 259 g/mol. The quantitative estimate of drug-likeness (QED) is 0.917. The second-order valence-electron chi connectivity index (χ2n) is 4.27. The van der Waals surface area contributed by atoms with E-state index in [0.717, 1.165) is 22.2 Å². The van der Waals surface area contributed by atoms with Gasteiger partial charge >= 0.3 is 0 Å². The standard InChI is InChI=1S/C14H17N3S/c1-10-7-11(2)17-14(8-10)18-13-4-3-12(5-6-15)9-16-13/h3-4,7-9H,5-6,15H2,1-2H3. The number of aromatic nitrogens is 2. The summed E-state index contributed by atoms with van der Waals surface area (Å²) >= 11 is 1.59. The van der Waals surface area contributed by atoms with Gasteiger partial charge in [0.25, 0.3) is 0 Å². The fourth-order valence-corrected chi connectivity index (χ4v) is 2.64. The summed E-state index contributed by atoms with van der Waals surface area (Å²) in [6.07, 6.45) is 2.76. The van der Waals surface area contributed by atoms with Crippen LogP contribution in [0, 0.1) is 13.8 Å². The van der Waals surface area contributed by atoms with Crippen LogP contribution in [0.1, 0.15) is 16.8 Å². The van der Waals surface area contributed by atoms with Crippen LogP contribution in [0.3, 0.4) is 0 Å². The predicted molar refractivity (Wildman–Crippen MR) is 74.8 cm³/mol. The summed E-state index contributed by atoms with van der Waals surface area (Å²) in [4.78, 5) is 8.91. The van der Waals surface area contributed by atoms with Crippen LogP contribution in [0.4, 0.5) is 0 Å². The van der Waals surface area contributed by atoms with Crippen LogP contribution < -0.4 is 5.73 Å². The Morgan fingerprint density at radius 3 is 2.61 bits per heavy atom. The lowest BCUT2D eigenvalue weighted by molar-refractivity contribution is 0.944. The molecular formula is C14H17N3S. The van der Waals surface area contributed by atoms with Gasteiger partial charge in [0.1, 0.15) is 10.1 Å². The van der Waals surface area contributed by atoms with E-state index in [0.29, 0.717) is 6.54 Å². The highest BCUT2D eigenvalue weighted by atomic mass is 32.2. The van der Waals surface area contributed by atoms with Gasteiger partial charge in [-0.1, -0.05) is 17.8 Å². The normalized spacial score (nSPS) is 10.6. The second-order valence-corrected chi connectivity index (χ2v) is 5.31. The molecule has 0 amide bonds. The zero-order valence-electron chi connectivity index (χ0n) is 10.7. The number of nitrogens with two attached hydrogens (primary N) is 1. The summed E-state index contributed by atoms with van der Waals surface area (Å²) in [6.45, 7) is 4.75. The molecule has 94 valence electrons. The number of hydrogen-bond donors (Lipinski definition) is 1.